The minimum Gasteiger partial charge on any atom is -0.371 e. The maximum absolute atomic E-state index is 12.5. The van der Waals surface area contributed by atoms with Crippen LogP contribution in [0.4, 0.5) is 13.2 Å². The van der Waals surface area contributed by atoms with Crippen LogP contribution in [-0.2, 0) is 10.9 Å². The fourth-order valence-electron chi connectivity index (χ4n) is 1.74. The first-order chi connectivity index (χ1) is 7.98. The number of rotatable bonds is 1. The van der Waals surface area contributed by atoms with Gasteiger partial charge in [-0.1, -0.05) is 17.7 Å². The van der Waals surface area contributed by atoms with Crippen molar-refractivity contribution in [2.24, 2.45) is 0 Å². The van der Waals surface area contributed by atoms with Crippen molar-refractivity contribution >= 4 is 11.6 Å². The number of alkyl halides is 3. The second kappa shape index (κ2) is 4.84. The van der Waals surface area contributed by atoms with Crippen molar-refractivity contribution in [3.05, 3.63) is 34.3 Å². The molecule has 1 saturated heterocycles. The van der Waals surface area contributed by atoms with Crippen LogP contribution >= 0.6 is 11.6 Å². The standard InChI is InChI=1S/C11H11ClF3NO/c12-9-5-7(10-6-16-3-4-17-10)1-2-8(9)11(13,14)15/h1-2,5,10,16H,3-4,6H2. The second-order valence-electron chi connectivity index (χ2n) is 3.80. The van der Waals surface area contributed by atoms with E-state index in [2.05, 4.69) is 5.32 Å². The molecule has 2 nitrogen and oxygen atoms in total. The van der Waals surface area contributed by atoms with E-state index in [1.807, 2.05) is 0 Å². The van der Waals surface area contributed by atoms with Gasteiger partial charge < -0.3 is 10.1 Å². The third kappa shape index (κ3) is 2.91. The van der Waals surface area contributed by atoms with E-state index in [1.165, 1.54) is 12.1 Å². The van der Waals surface area contributed by atoms with Gasteiger partial charge in [0.15, 0.2) is 0 Å². The van der Waals surface area contributed by atoms with Crippen LogP contribution in [0.1, 0.15) is 17.2 Å². The summed E-state index contributed by atoms with van der Waals surface area (Å²) in [6.45, 7) is 1.88. The van der Waals surface area contributed by atoms with E-state index in [-0.39, 0.29) is 11.1 Å². The number of morpholine rings is 1. The molecule has 1 aromatic carbocycles. The molecule has 0 amide bonds. The molecule has 2 rings (SSSR count). The van der Waals surface area contributed by atoms with Gasteiger partial charge in [0.25, 0.3) is 0 Å². The Balaban J connectivity index is 2.24. The van der Waals surface area contributed by atoms with Crippen LogP contribution in [0.5, 0.6) is 0 Å². The lowest BCUT2D eigenvalue weighted by Crippen LogP contribution is -2.33. The van der Waals surface area contributed by atoms with Crippen LogP contribution < -0.4 is 5.32 Å². The summed E-state index contributed by atoms with van der Waals surface area (Å²) in [5, 5.41) is 2.82. The Kier molecular flexibility index (Phi) is 3.61. The van der Waals surface area contributed by atoms with Gasteiger partial charge in [0.05, 0.1) is 23.3 Å². The minimum atomic E-state index is -4.42. The number of hydrogen-bond donors (Lipinski definition) is 1. The Morgan fingerprint density at radius 1 is 1.35 bits per heavy atom. The average Bonchev–Trinajstić information content (AvgIpc) is 2.28. The van der Waals surface area contributed by atoms with Gasteiger partial charge in [-0.15, -0.1) is 0 Å². The summed E-state index contributed by atoms with van der Waals surface area (Å²) in [6.07, 6.45) is -4.65. The highest BCUT2D eigenvalue weighted by Gasteiger charge is 2.33. The maximum atomic E-state index is 12.5. The van der Waals surface area contributed by atoms with E-state index in [9.17, 15) is 13.2 Å². The summed E-state index contributed by atoms with van der Waals surface area (Å²) in [4.78, 5) is 0. The Labute approximate surface area is 102 Å². The fraction of sp³-hybridized carbons (Fsp3) is 0.455. The van der Waals surface area contributed by atoms with Gasteiger partial charge in [-0.2, -0.15) is 13.2 Å². The van der Waals surface area contributed by atoms with Crippen LogP contribution in [0.25, 0.3) is 0 Å². The monoisotopic (exact) mass is 265 g/mol. The van der Waals surface area contributed by atoms with Gasteiger partial charge in [0.2, 0.25) is 0 Å². The predicted octanol–water partition coefficient (Wildman–Crippen LogP) is 3.02. The molecule has 1 unspecified atom stereocenters. The number of ether oxygens (including phenoxy) is 1. The van der Waals surface area contributed by atoms with Gasteiger partial charge in [0, 0.05) is 13.1 Å². The number of nitrogens with one attached hydrogen (secondary N) is 1. The van der Waals surface area contributed by atoms with Crippen molar-refractivity contribution < 1.29 is 17.9 Å². The fourth-order valence-corrected chi connectivity index (χ4v) is 2.04. The molecule has 0 saturated carbocycles. The lowest BCUT2D eigenvalue weighted by molar-refractivity contribution is -0.137. The molecular formula is C11H11ClF3NO. The summed E-state index contributed by atoms with van der Waals surface area (Å²) in [6, 6.07) is 3.73. The molecule has 1 aliphatic heterocycles. The summed E-state index contributed by atoms with van der Waals surface area (Å²) in [7, 11) is 0. The molecule has 0 bridgehead atoms. The Bertz CT molecular complexity index is 402. The molecule has 0 spiro atoms. The smallest absolute Gasteiger partial charge is 0.371 e. The van der Waals surface area contributed by atoms with Crippen molar-refractivity contribution in [3.63, 3.8) is 0 Å². The van der Waals surface area contributed by atoms with E-state index < -0.39 is 11.7 Å². The van der Waals surface area contributed by atoms with Crippen molar-refractivity contribution in [3.8, 4) is 0 Å². The van der Waals surface area contributed by atoms with E-state index in [1.54, 1.807) is 0 Å². The highest BCUT2D eigenvalue weighted by molar-refractivity contribution is 6.31. The SMILES string of the molecule is FC(F)(F)c1ccc(C2CNCCO2)cc1Cl. The molecule has 1 heterocycles. The molecule has 1 atom stereocenters. The normalized spacial score (nSPS) is 21.5. The Morgan fingerprint density at radius 3 is 2.65 bits per heavy atom. The summed E-state index contributed by atoms with van der Waals surface area (Å²) >= 11 is 5.64. The van der Waals surface area contributed by atoms with E-state index in [0.29, 0.717) is 18.7 Å². The van der Waals surface area contributed by atoms with Gasteiger partial charge in [-0.05, 0) is 17.7 Å². The topological polar surface area (TPSA) is 21.3 Å². The van der Waals surface area contributed by atoms with Gasteiger partial charge >= 0.3 is 6.18 Å². The van der Waals surface area contributed by atoms with Gasteiger partial charge in [-0.3, -0.25) is 0 Å². The van der Waals surface area contributed by atoms with Crippen molar-refractivity contribution in [1.29, 1.82) is 0 Å². The van der Waals surface area contributed by atoms with Crippen molar-refractivity contribution in [2.75, 3.05) is 19.7 Å². The lowest BCUT2D eigenvalue weighted by Gasteiger charge is -2.24. The third-order valence-electron chi connectivity index (χ3n) is 2.60. The number of hydrogen-bond acceptors (Lipinski definition) is 2. The van der Waals surface area contributed by atoms with Crippen LogP contribution in [0.15, 0.2) is 18.2 Å². The lowest BCUT2D eigenvalue weighted by atomic mass is 10.1. The summed E-state index contributed by atoms with van der Waals surface area (Å²) < 4.78 is 42.9. The van der Waals surface area contributed by atoms with Crippen LogP contribution in [0.2, 0.25) is 5.02 Å². The quantitative estimate of drug-likeness (QED) is 0.843. The molecule has 1 aliphatic rings. The Morgan fingerprint density at radius 2 is 2.12 bits per heavy atom. The second-order valence-corrected chi connectivity index (χ2v) is 4.21. The zero-order valence-electron chi connectivity index (χ0n) is 8.85. The molecule has 1 N–H and O–H groups in total. The predicted molar refractivity (Wildman–Crippen MR) is 58.0 cm³/mol. The number of benzene rings is 1. The highest BCUT2D eigenvalue weighted by atomic mass is 35.5. The minimum absolute atomic E-state index is 0.233. The molecule has 6 heteroatoms. The van der Waals surface area contributed by atoms with Gasteiger partial charge in [-0.25, -0.2) is 0 Å². The maximum Gasteiger partial charge on any atom is 0.417 e. The molecule has 1 aromatic rings. The van der Waals surface area contributed by atoms with Crippen LogP contribution in [0, 0.1) is 0 Å². The molecular weight excluding hydrogens is 255 g/mol. The first-order valence-electron chi connectivity index (χ1n) is 5.17. The van der Waals surface area contributed by atoms with E-state index >= 15 is 0 Å². The Hall–Kier alpha value is -0.780. The molecule has 17 heavy (non-hydrogen) atoms. The molecule has 94 valence electrons. The van der Waals surface area contributed by atoms with E-state index in [0.717, 1.165) is 12.6 Å². The highest BCUT2D eigenvalue weighted by Crippen LogP contribution is 2.36. The molecule has 0 aliphatic carbocycles. The number of halogens is 4. The summed E-state index contributed by atoms with van der Waals surface area (Å²) in [5.41, 5.74) is -0.151. The van der Waals surface area contributed by atoms with Crippen molar-refractivity contribution in [2.45, 2.75) is 12.3 Å². The largest absolute Gasteiger partial charge is 0.417 e. The van der Waals surface area contributed by atoms with Crippen molar-refractivity contribution in [1.82, 2.24) is 5.32 Å². The van der Waals surface area contributed by atoms with Crippen LogP contribution in [-0.4, -0.2) is 19.7 Å². The average molecular weight is 266 g/mol. The zero-order chi connectivity index (χ0) is 12.5. The molecule has 0 radical (unpaired) electrons. The molecule has 1 fully saturated rings. The summed E-state index contributed by atoms with van der Waals surface area (Å²) in [5.74, 6) is 0. The van der Waals surface area contributed by atoms with Gasteiger partial charge in [0.1, 0.15) is 0 Å². The first-order valence-corrected chi connectivity index (χ1v) is 5.55. The molecule has 0 aromatic heterocycles. The third-order valence-corrected chi connectivity index (χ3v) is 2.91. The van der Waals surface area contributed by atoms with E-state index in [4.69, 9.17) is 16.3 Å². The van der Waals surface area contributed by atoms with Crippen LogP contribution in [0.3, 0.4) is 0 Å². The zero-order valence-corrected chi connectivity index (χ0v) is 9.61. The first kappa shape index (κ1) is 12.7.